The minimum absolute atomic E-state index is 0.0108. The lowest BCUT2D eigenvalue weighted by molar-refractivity contribution is -0.120. The van der Waals surface area contributed by atoms with Gasteiger partial charge in [-0.1, -0.05) is 60.7 Å². The van der Waals surface area contributed by atoms with Gasteiger partial charge in [0.2, 0.25) is 15.9 Å². The number of nitrogens with one attached hydrogen (secondary N) is 1. The van der Waals surface area contributed by atoms with E-state index >= 15 is 0 Å². The molecule has 2 aromatic rings. The molecule has 6 heteroatoms. The van der Waals surface area contributed by atoms with Crippen molar-refractivity contribution in [2.75, 3.05) is 12.8 Å². The summed E-state index contributed by atoms with van der Waals surface area (Å²) in [5, 5.41) is 0. The summed E-state index contributed by atoms with van der Waals surface area (Å²) >= 11 is 0. The molecule has 0 saturated carbocycles. The van der Waals surface area contributed by atoms with Gasteiger partial charge in [-0.15, -0.1) is 0 Å². The molecule has 0 radical (unpaired) electrons. The molecule has 0 saturated heterocycles. The van der Waals surface area contributed by atoms with E-state index in [4.69, 9.17) is 0 Å². The van der Waals surface area contributed by atoms with Crippen LogP contribution in [0.5, 0.6) is 0 Å². The highest BCUT2D eigenvalue weighted by atomic mass is 32.2. The predicted molar refractivity (Wildman–Crippen MR) is 90.0 cm³/mol. The SMILES string of the molecule is CS(=O)(=O)NC(=O)CN(Cc1ccccc1)Cc1ccccc1. The Morgan fingerprint density at radius 3 is 1.74 bits per heavy atom. The zero-order valence-corrected chi connectivity index (χ0v) is 13.8. The minimum Gasteiger partial charge on any atom is -0.286 e. The van der Waals surface area contributed by atoms with Gasteiger partial charge in [0.1, 0.15) is 0 Å². The van der Waals surface area contributed by atoms with Crippen LogP contribution < -0.4 is 4.72 Å². The van der Waals surface area contributed by atoms with Crippen LogP contribution in [0.3, 0.4) is 0 Å². The molecule has 0 aliphatic heterocycles. The quantitative estimate of drug-likeness (QED) is 0.839. The second-order valence-electron chi connectivity index (χ2n) is 5.41. The van der Waals surface area contributed by atoms with E-state index in [0.717, 1.165) is 17.4 Å². The average molecular weight is 332 g/mol. The summed E-state index contributed by atoms with van der Waals surface area (Å²) in [6.45, 7) is 1.14. The minimum atomic E-state index is -3.54. The van der Waals surface area contributed by atoms with Gasteiger partial charge in [0.25, 0.3) is 0 Å². The molecule has 0 aliphatic rings. The second kappa shape index (κ2) is 7.89. The Morgan fingerprint density at radius 2 is 1.35 bits per heavy atom. The fourth-order valence-electron chi connectivity index (χ4n) is 2.29. The highest BCUT2D eigenvalue weighted by Crippen LogP contribution is 2.09. The molecule has 0 aromatic heterocycles. The third-order valence-electron chi connectivity index (χ3n) is 3.16. The van der Waals surface area contributed by atoms with Crippen molar-refractivity contribution in [1.82, 2.24) is 9.62 Å². The van der Waals surface area contributed by atoms with Crippen molar-refractivity contribution in [2.24, 2.45) is 0 Å². The van der Waals surface area contributed by atoms with E-state index < -0.39 is 15.9 Å². The molecule has 0 spiro atoms. The number of nitrogens with zero attached hydrogens (tertiary/aromatic N) is 1. The van der Waals surface area contributed by atoms with Crippen LogP contribution in [0.4, 0.5) is 0 Å². The van der Waals surface area contributed by atoms with E-state index in [-0.39, 0.29) is 6.54 Å². The zero-order chi connectivity index (χ0) is 16.7. The first-order chi connectivity index (χ1) is 10.9. The Balaban J connectivity index is 2.09. The standard InChI is InChI=1S/C17H20N2O3S/c1-23(21,22)18-17(20)14-19(12-15-8-4-2-5-9-15)13-16-10-6-3-7-11-16/h2-11H,12-14H2,1H3,(H,18,20). The first-order valence-corrected chi connectivity index (χ1v) is 9.12. The van der Waals surface area contributed by atoms with Crippen LogP contribution in [-0.4, -0.2) is 32.0 Å². The number of benzene rings is 2. The fourth-order valence-corrected chi connectivity index (χ4v) is 2.77. The molecule has 122 valence electrons. The van der Waals surface area contributed by atoms with Crippen molar-refractivity contribution in [3.05, 3.63) is 71.8 Å². The lowest BCUT2D eigenvalue weighted by Gasteiger charge is -2.22. The smallest absolute Gasteiger partial charge is 0.247 e. The maximum atomic E-state index is 11.9. The summed E-state index contributed by atoms with van der Waals surface area (Å²) < 4.78 is 24.4. The Morgan fingerprint density at radius 1 is 0.913 bits per heavy atom. The molecule has 0 bridgehead atoms. The van der Waals surface area contributed by atoms with E-state index in [9.17, 15) is 13.2 Å². The molecule has 0 unspecified atom stereocenters. The monoisotopic (exact) mass is 332 g/mol. The van der Waals surface area contributed by atoms with Crippen molar-refractivity contribution in [1.29, 1.82) is 0 Å². The number of amides is 1. The summed E-state index contributed by atoms with van der Waals surface area (Å²) in [5.41, 5.74) is 2.13. The van der Waals surface area contributed by atoms with E-state index in [0.29, 0.717) is 13.1 Å². The van der Waals surface area contributed by atoms with Crippen LogP contribution in [0.15, 0.2) is 60.7 Å². The molecule has 0 atom stereocenters. The number of sulfonamides is 1. The number of carbonyl (C=O) groups is 1. The van der Waals surface area contributed by atoms with Gasteiger partial charge >= 0.3 is 0 Å². The van der Waals surface area contributed by atoms with Crippen molar-refractivity contribution >= 4 is 15.9 Å². The Bertz CT molecular complexity index is 689. The van der Waals surface area contributed by atoms with Gasteiger partial charge in [0.05, 0.1) is 12.8 Å². The summed E-state index contributed by atoms with van der Waals surface area (Å²) in [4.78, 5) is 13.8. The molecule has 2 rings (SSSR count). The Kier molecular flexibility index (Phi) is 5.90. The van der Waals surface area contributed by atoms with Crippen LogP contribution >= 0.6 is 0 Å². The maximum Gasteiger partial charge on any atom is 0.247 e. The summed E-state index contributed by atoms with van der Waals surface area (Å²) in [5.74, 6) is -0.528. The van der Waals surface area contributed by atoms with E-state index in [1.54, 1.807) is 0 Å². The van der Waals surface area contributed by atoms with E-state index in [1.807, 2.05) is 70.3 Å². The third-order valence-corrected chi connectivity index (χ3v) is 3.76. The van der Waals surface area contributed by atoms with Gasteiger partial charge in [-0.25, -0.2) is 8.42 Å². The van der Waals surface area contributed by atoms with Crippen LogP contribution in [0.2, 0.25) is 0 Å². The lowest BCUT2D eigenvalue weighted by atomic mass is 10.1. The maximum absolute atomic E-state index is 11.9. The number of hydrogen-bond donors (Lipinski definition) is 1. The topological polar surface area (TPSA) is 66.5 Å². The summed E-state index contributed by atoms with van der Waals surface area (Å²) in [6, 6.07) is 19.5. The van der Waals surface area contributed by atoms with Gasteiger partial charge in [0.15, 0.2) is 0 Å². The molecule has 0 fully saturated rings. The molecular weight excluding hydrogens is 312 g/mol. The van der Waals surface area contributed by atoms with Gasteiger partial charge in [-0.05, 0) is 11.1 Å². The van der Waals surface area contributed by atoms with Crippen molar-refractivity contribution in [2.45, 2.75) is 13.1 Å². The zero-order valence-electron chi connectivity index (χ0n) is 13.0. The number of carbonyl (C=O) groups excluding carboxylic acids is 1. The molecule has 23 heavy (non-hydrogen) atoms. The Labute approximate surface area is 137 Å². The average Bonchev–Trinajstić information content (AvgIpc) is 2.47. The normalized spacial score (nSPS) is 11.4. The first-order valence-electron chi connectivity index (χ1n) is 7.23. The van der Waals surface area contributed by atoms with Gasteiger partial charge in [-0.3, -0.25) is 14.4 Å². The second-order valence-corrected chi connectivity index (χ2v) is 7.16. The van der Waals surface area contributed by atoms with Crippen molar-refractivity contribution in [3.63, 3.8) is 0 Å². The Hall–Kier alpha value is -2.18. The molecule has 1 N–H and O–H groups in total. The van der Waals surface area contributed by atoms with E-state index in [1.165, 1.54) is 0 Å². The lowest BCUT2D eigenvalue weighted by Crippen LogP contribution is -2.39. The van der Waals surface area contributed by atoms with Crippen LogP contribution in [0, 0.1) is 0 Å². The molecule has 2 aromatic carbocycles. The van der Waals surface area contributed by atoms with Gasteiger partial charge in [0, 0.05) is 13.1 Å². The first kappa shape index (κ1) is 17.2. The number of hydrogen-bond acceptors (Lipinski definition) is 4. The van der Waals surface area contributed by atoms with Crippen LogP contribution in [-0.2, 0) is 27.9 Å². The fraction of sp³-hybridized carbons (Fsp3) is 0.235. The molecule has 5 nitrogen and oxygen atoms in total. The third kappa shape index (κ3) is 6.63. The largest absolute Gasteiger partial charge is 0.286 e. The van der Waals surface area contributed by atoms with Gasteiger partial charge in [-0.2, -0.15) is 0 Å². The molecular formula is C17H20N2O3S. The van der Waals surface area contributed by atoms with E-state index in [2.05, 4.69) is 0 Å². The summed E-state index contributed by atoms with van der Waals surface area (Å²) in [7, 11) is -3.54. The molecule has 0 aliphatic carbocycles. The number of rotatable bonds is 7. The van der Waals surface area contributed by atoms with Crippen LogP contribution in [0.1, 0.15) is 11.1 Å². The van der Waals surface area contributed by atoms with Gasteiger partial charge < -0.3 is 0 Å². The van der Waals surface area contributed by atoms with Crippen LogP contribution in [0.25, 0.3) is 0 Å². The predicted octanol–water partition coefficient (Wildman–Crippen LogP) is 1.76. The molecule has 1 amide bonds. The highest BCUT2D eigenvalue weighted by molar-refractivity contribution is 7.89. The van der Waals surface area contributed by atoms with Crippen molar-refractivity contribution < 1.29 is 13.2 Å². The van der Waals surface area contributed by atoms with Crippen molar-refractivity contribution in [3.8, 4) is 0 Å². The molecule has 0 heterocycles. The summed E-state index contributed by atoms with van der Waals surface area (Å²) in [6.07, 6.45) is 0.976. The highest BCUT2D eigenvalue weighted by Gasteiger charge is 2.15.